The van der Waals surface area contributed by atoms with Crippen LogP contribution in [-0.4, -0.2) is 176 Å². The minimum atomic E-state index is -1.68. The lowest BCUT2D eigenvalue weighted by Crippen LogP contribution is -2.60. The van der Waals surface area contributed by atoms with Gasteiger partial charge in [0, 0.05) is 54.0 Å². The highest BCUT2D eigenvalue weighted by Gasteiger charge is 2.52. The maximum atomic E-state index is 14.8. The van der Waals surface area contributed by atoms with Crippen molar-refractivity contribution in [3.8, 4) is 5.75 Å². The van der Waals surface area contributed by atoms with E-state index in [0.717, 1.165) is 11.1 Å². The Morgan fingerprint density at radius 3 is 2.15 bits per heavy atom. The maximum Gasteiger partial charge on any atom is 0.426 e. The van der Waals surface area contributed by atoms with Crippen LogP contribution in [0.25, 0.3) is 6.08 Å². The molecule has 5 rings (SSSR count). The normalized spacial score (nSPS) is 34.4. The number of hydrazine groups is 1. The van der Waals surface area contributed by atoms with Crippen molar-refractivity contribution >= 4 is 41.7 Å². The lowest BCUT2D eigenvalue weighted by molar-refractivity contribution is -0.312. The van der Waals surface area contributed by atoms with E-state index in [4.69, 9.17) is 49.5 Å². The van der Waals surface area contributed by atoms with Gasteiger partial charge < -0.3 is 63.4 Å². The maximum absolute atomic E-state index is 14.8. The zero-order valence-corrected chi connectivity index (χ0v) is 48.7. The molecule has 20 nitrogen and oxygen atoms in total. The molecule has 2 aromatic rings. The number of nitrogens with one attached hydrogen (secondary N) is 3. The molecular weight excluding hydrogens is 1030 g/mol. The summed E-state index contributed by atoms with van der Waals surface area (Å²) in [5, 5.41) is 40.3. The molecule has 6 N–H and O–H groups in total. The summed E-state index contributed by atoms with van der Waals surface area (Å²) >= 11 is 5.96. The first-order valence-corrected chi connectivity index (χ1v) is 27.6. The van der Waals surface area contributed by atoms with E-state index < -0.39 is 114 Å². The van der Waals surface area contributed by atoms with E-state index >= 15 is 0 Å². The van der Waals surface area contributed by atoms with Crippen molar-refractivity contribution in [2.75, 3.05) is 41.3 Å². The van der Waals surface area contributed by atoms with E-state index in [9.17, 15) is 34.5 Å². The monoisotopic (exact) mass is 1120 g/mol. The van der Waals surface area contributed by atoms with Crippen molar-refractivity contribution in [3.05, 3.63) is 70.8 Å². The molecule has 17 atom stereocenters. The zero-order valence-electron chi connectivity index (χ0n) is 48.0. The molecule has 3 fully saturated rings. The fourth-order valence-corrected chi connectivity index (χ4v) is 11.2. The average molecular weight is 1120 g/mol. The van der Waals surface area contributed by atoms with Crippen LogP contribution in [-0.2, 0) is 49.2 Å². The summed E-state index contributed by atoms with van der Waals surface area (Å²) in [6.45, 7) is 18.6. The number of cyclic esters (lactones) is 1. The van der Waals surface area contributed by atoms with Gasteiger partial charge in [-0.15, -0.1) is 0 Å². The number of aliphatic hydroxyl groups is 3. The molecule has 0 saturated carbocycles. The van der Waals surface area contributed by atoms with Gasteiger partial charge in [0.05, 0.1) is 43.0 Å². The Hall–Kier alpha value is -4.61. The van der Waals surface area contributed by atoms with Gasteiger partial charge in [-0.2, -0.15) is 0 Å². The number of esters is 1. The molecule has 21 heteroatoms. The first-order chi connectivity index (χ1) is 36.6. The minimum absolute atomic E-state index is 0.141. The summed E-state index contributed by atoms with van der Waals surface area (Å²) < 4.78 is 50.0. The summed E-state index contributed by atoms with van der Waals surface area (Å²) in [6.07, 6.45) is -8.86. The largest absolute Gasteiger partial charge is 0.497 e. The molecule has 3 amide bonds. The number of ether oxygens (including phenoxy) is 8. The van der Waals surface area contributed by atoms with Gasteiger partial charge in [-0.05, 0) is 129 Å². The van der Waals surface area contributed by atoms with Crippen molar-refractivity contribution in [1.82, 2.24) is 26.0 Å². The van der Waals surface area contributed by atoms with Crippen molar-refractivity contribution in [2.24, 2.45) is 23.2 Å². The number of hydrogen-bond donors (Lipinski definition) is 6. The highest BCUT2D eigenvalue weighted by Crippen LogP contribution is 2.42. The predicted octanol–water partition coefficient (Wildman–Crippen LogP) is 6.25. The van der Waals surface area contributed by atoms with Gasteiger partial charge in [0.25, 0.3) is 5.91 Å². The predicted molar refractivity (Wildman–Crippen MR) is 293 cm³/mol. The van der Waals surface area contributed by atoms with Crippen LogP contribution < -0.4 is 20.9 Å². The molecule has 3 saturated heterocycles. The number of carbonyl (C=O) groups is 4. The quantitative estimate of drug-likeness (QED) is 0.0530. The summed E-state index contributed by atoms with van der Waals surface area (Å²) in [5.41, 5.74) is 3.79. The van der Waals surface area contributed by atoms with Crippen molar-refractivity contribution in [2.45, 2.75) is 187 Å². The topological polar surface area (TPSA) is 245 Å². The van der Waals surface area contributed by atoms with Crippen molar-refractivity contribution in [3.63, 3.8) is 0 Å². The van der Waals surface area contributed by atoms with Crippen LogP contribution in [0.5, 0.6) is 5.75 Å². The second-order valence-electron chi connectivity index (χ2n) is 22.8. The fraction of sp³-hybridized carbons (Fsp3) is 0.684. The molecule has 0 radical (unpaired) electrons. The number of likely N-dealkylation sites (N-methyl/N-ethyl adjacent to an activating group) is 2. The van der Waals surface area contributed by atoms with E-state index in [-0.39, 0.29) is 43.9 Å². The third-order valence-electron chi connectivity index (χ3n) is 15.4. The van der Waals surface area contributed by atoms with Crippen LogP contribution in [0.4, 0.5) is 9.59 Å². The number of halogens is 1. The molecular formula is C57H88ClN5O15. The lowest BCUT2D eigenvalue weighted by atomic mass is 9.77. The number of amides is 3. The fourth-order valence-electron chi connectivity index (χ4n) is 11.1. The third kappa shape index (κ3) is 17.7. The Morgan fingerprint density at radius 1 is 0.872 bits per heavy atom. The molecule has 0 aliphatic carbocycles. The average Bonchev–Trinajstić information content (AvgIpc) is 3.38. The van der Waals surface area contributed by atoms with Gasteiger partial charge in [0.2, 0.25) is 0 Å². The Balaban J connectivity index is 1.43. The molecule has 78 heavy (non-hydrogen) atoms. The minimum Gasteiger partial charge on any atom is -0.497 e. The molecule has 2 aromatic carbocycles. The molecule has 0 bridgehead atoms. The number of methoxy groups -OCH3 is 1. The van der Waals surface area contributed by atoms with Gasteiger partial charge in [-0.1, -0.05) is 70.5 Å². The second kappa shape index (κ2) is 28.7. The Morgan fingerprint density at radius 2 is 1.54 bits per heavy atom. The Kier molecular flexibility index (Phi) is 23.6. The zero-order chi connectivity index (χ0) is 57.8. The molecule has 3 aliphatic rings. The molecule has 0 spiro atoms. The van der Waals surface area contributed by atoms with Gasteiger partial charge in [-0.25, -0.2) is 15.0 Å². The van der Waals surface area contributed by atoms with Crippen molar-refractivity contribution in [1.29, 1.82) is 0 Å². The first kappa shape index (κ1) is 64.2. The molecule has 1 unspecified atom stereocenters. The van der Waals surface area contributed by atoms with Crippen LogP contribution in [0.3, 0.4) is 0 Å². The molecule has 0 aromatic heterocycles. The number of alkyl carbamates (subject to hydrolysis) is 1. The summed E-state index contributed by atoms with van der Waals surface area (Å²) in [4.78, 5) is 58.0. The lowest BCUT2D eigenvalue weighted by Gasteiger charge is -2.49. The summed E-state index contributed by atoms with van der Waals surface area (Å²) in [7, 11) is 7.15. The number of hydrogen-bond acceptors (Lipinski definition) is 17. The van der Waals surface area contributed by atoms with Crippen LogP contribution in [0, 0.1) is 23.2 Å². The highest BCUT2D eigenvalue weighted by molar-refractivity contribution is 6.30. The number of carbonyl (C=O) groups excluding carboxylic acids is 4. The number of aliphatic hydroxyl groups excluding tert-OH is 2. The van der Waals surface area contributed by atoms with E-state index in [1.165, 1.54) is 6.08 Å². The van der Waals surface area contributed by atoms with E-state index in [0.29, 0.717) is 30.2 Å². The van der Waals surface area contributed by atoms with Crippen LogP contribution in [0.2, 0.25) is 5.02 Å². The standard InChI is InChI=1S/C57H88ClN5O15/c1-15-43-47(66)49(76-54(68)59-27-26-39-18-23-41(71-14)24-19-39)36(6)63(13)31-32(2)29-57(10,70)50(77-53-46(65)42(62(11)12)28-33(3)72-53)34(4)48(35(5)52(67)74-43)75-45-30-56(8,9)51(37(7)73-45)78-55(69)61-60-44(64)25-20-38-16-21-40(58)22-17-38/h16-25,32-37,42-43,45-51,53,65-66,70H,15,26-31H2,1-14H3,(H,59,68)(H,60,64)(H,61,69)/b25-20+/t32-,33-,34+,35-,36-,37+,42+,43-,45?,46-,47+,48+,49-,50-,51+,53+,57+/m1/s1. The molecule has 438 valence electrons. The molecule has 3 heterocycles. The van der Waals surface area contributed by atoms with Crippen LogP contribution >= 0.6 is 11.6 Å². The number of nitrogens with zero attached hydrogens (tertiary/aromatic N) is 2. The van der Waals surface area contributed by atoms with E-state index in [1.54, 1.807) is 72.1 Å². The Labute approximate surface area is 466 Å². The van der Waals surface area contributed by atoms with Gasteiger partial charge in [0.1, 0.15) is 36.3 Å². The SMILES string of the molecule is CC[C@H]1OC(=O)[C@H](C)[C@@H](OC2CC(C)(C)[C@@H](OC(=O)NNC(=O)/C=C/c3ccc(Cl)cc3)[C@H](C)O2)[C@H](C)[C@@H](O[C@@H]2O[C@H](C)C[C@H](N(C)C)[C@H]2O)[C@@](C)(O)C[C@@H](C)CN(C)[C@H](C)[C@@H](OC(=O)NCCc2ccc(OC)cc2)[C@H]1O. The van der Waals surface area contributed by atoms with Gasteiger partial charge in [-0.3, -0.25) is 19.9 Å². The van der Waals surface area contributed by atoms with Gasteiger partial charge >= 0.3 is 18.2 Å². The van der Waals surface area contributed by atoms with Gasteiger partial charge in [0.15, 0.2) is 12.6 Å². The second-order valence-corrected chi connectivity index (χ2v) is 23.2. The summed E-state index contributed by atoms with van der Waals surface area (Å²) in [6, 6.07) is 13.4. The number of rotatable bonds is 14. The first-order valence-electron chi connectivity index (χ1n) is 27.2. The van der Waals surface area contributed by atoms with Crippen LogP contribution in [0.15, 0.2) is 54.6 Å². The molecule has 3 aliphatic heterocycles. The van der Waals surface area contributed by atoms with E-state index in [1.807, 2.05) is 89.8 Å². The third-order valence-corrected chi connectivity index (χ3v) is 15.7. The summed E-state index contributed by atoms with van der Waals surface area (Å²) in [5.74, 6) is -2.90. The Bertz CT molecular complexity index is 2270. The van der Waals surface area contributed by atoms with Crippen LogP contribution in [0.1, 0.15) is 106 Å². The van der Waals surface area contributed by atoms with Crippen molar-refractivity contribution < 1.29 is 72.4 Å². The smallest absolute Gasteiger partial charge is 0.426 e. The number of benzene rings is 2. The van der Waals surface area contributed by atoms with E-state index in [2.05, 4.69) is 16.2 Å². The highest BCUT2D eigenvalue weighted by atomic mass is 35.5.